The molecule has 0 saturated heterocycles. The van der Waals surface area contributed by atoms with Gasteiger partial charge in [0.05, 0.1) is 5.56 Å². The van der Waals surface area contributed by atoms with E-state index in [0.717, 1.165) is 18.9 Å². The van der Waals surface area contributed by atoms with Crippen LogP contribution in [0.2, 0.25) is 0 Å². The van der Waals surface area contributed by atoms with Crippen molar-refractivity contribution >= 4 is 29.1 Å². The van der Waals surface area contributed by atoms with E-state index < -0.39 is 35.1 Å². The summed E-state index contributed by atoms with van der Waals surface area (Å²) in [5.41, 5.74) is -1.74. The fourth-order valence-corrected chi connectivity index (χ4v) is 3.02. The smallest absolute Gasteiger partial charge is 0.416 e. The molecule has 1 aliphatic rings. The van der Waals surface area contributed by atoms with E-state index in [0.29, 0.717) is 18.2 Å². The number of urea groups is 1. The number of benzene rings is 2. The van der Waals surface area contributed by atoms with Crippen LogP contribution in [0.4, 0.5) is 43.9 Å². The number of amides is 3. The highest BCUT2D eigenvalue weighted by molar-refractivity contribution is 5.99. The second-order valence-electron chi connectivity index (χ2n) is 7.69. The molecule has 0 radical (unpaired) electrons. The molecule has 0 spiro atoms. The lowest BCUT2D eigenvalue weighted by molar-refractivity contribution is -0.137. The molecule has 3 amide bonds. The molecule has 7 nitrogen and oxygen atoms in total. The van der Waals surface area contributed by atoms with Crippen LogP contribution in [0.15, 0.2) is 54.7 Å². The molecule has 1 fully saturated rings. The monoisotopic (exact) mass is 492 g/mol. The number of nitrogens with zero attached hydrogens (tertiary/aromatic N) is 1. The van der Waals surface area contributed by atoms with Gasteiger partial charge in [0.2, 0.25) is 5.91 Å². The SMILES string of the molecule is O=C(Nc1cc(F)cc(C(F)(F)F)c1)Nc1ccc(Oc2ccnc(NC(=O)C3CC3)c2)c(F)c1. The number of hydrogen-bond acceptors (Lipinski definition) is 4. The molecule has 0 bridgehead atoms. The predicted octanol–water partition coefficient (Wildman–Crippen LogP) is 6.16. The third kappa shape index (κ3) is 6.43. The highest BCUT2D eigenvalue weighted by Gasteiger charge is 2.31. The summed E-state index contributed by atoms with van der Waals surface area (Å²) in [6, 6.07) is 6.88. The van der Waals surface area contributed by atoms with E-state index in [1.54, 1.807) is 0 Å². The minimum Gasteiger partial charge on any atom is -0.454 e. The summed E-state index contributed by atoms with van der Waals surface area (Å²) in [5, 5.41) is 6.95. The van der Waals surface area contributed by atoms with Crippen LogP contribution in [0.5, 0.6) is 11.5 Å². The first-order valence-corrected chi connectivity index (χ1v) is 10.3. The van der Waals surface area contributed by atoms with Crippen LogP contribution in [0.3, 0.4) is 0 Å². The molecule has 1 aliphatic carbocycles. The summed E-state index contributed by atoms with van der Waals surface area (Å²) in [5.74, 6) is -1.95. The number of anilines is 3. The van der Waals surface area contributed by atoms with Crippen molar-refractivity contribution in [2.75, 3.05) is 16.0 Å². The summed E-state index contributed by atoms with van der Waals surface area (Å²) < 4.78 is 71.9. The lowest BCUT2D eigenvalue weighted by Gasteiger charge is -2.12. The number of alkyl halides is 3. The van der Waals surface area contributed by atoms with Gasteiger partial charge in [-0.05, 0) is 49.2 Å². The zero-order valence-corrected chi connectivity index (χ0v) is 17.7. The molecule has 2 aromatic carbocycles. The zero-order valence-electron chi connectivity index (χ0n) is 17.7. The Kier molecular flexibility index (Phi) is 6.54. The van der Waals surface area contributed by atoms with Crippen LogP contribution in [-0.2, 0) is 11.0 Å². The number of rotatable bonds is 6. The molecule has 0 aliphatic heterocycles. The summed E-state index contributed by atoms with van der Waals surface area (Å²) in [6.45, 7) is 0. The summed E-state index contributed by atoms with van der Waals surface area (Å²) in [7, 11) is 0. The summed E-state index contributed by atoms with van der Waals surface area (Å²) >= 11 is 0. The third-order valence-electron chi connectivity index (χ3n) is 4.83. The topological polar surface area (TPSA) is 92.3 Å². The van der Waals surface area contributed by atoms with Crippen molar-refractivity contribution < 1.29 is 36.3 Å². The first-order valence-electron chi connectivity index (χ1n) is 10.3. The van der Waals surface area contributed by atoms with Crippen LogP contribution >= 0.6 is 0 Å². The van der Waals surface area contributed by atoms with Crippen molar-refractivity contribution in [2.45, 2.75) is 19.0 Å². The number of aromatic nitrogens is 1. The molecule has 0 atom stereocenters. The molecule has 4 rings (SSSR count). The number of carbonyl (C=O) groups is 2. The van der Waals surface area contributed by atoms with Gasteiger partial charge in [0, 0.05) is 35.6 Å². The van der Waals surface area contributed by atoms with E-state index in [2.05, 4.69) is 20.9 Å². The standard InChI is InChI=1S/C23H17F5N4O3/c24-14-7-13(23(26,27)28)8-16(9-14)31-22(34)30-15-3-4-19(18(25)10-15)35-17-5-6-29-20(11-17)32-21(33)12-1-2-12/h3-12H,1-2H2,(H,29,32,33)(H2,30,31,34). The van der Waals surface area contributed by atoms with E-state index in [9.17, 15) is 31.5 Å². The van der Waals surface area contributed by atoms with Crippen molar-refractivity contribution in [3.63, 3.8) is 0 Å². The Bertz CT molecular complexity index is 1280. The van der Waals surface area contributed by atoms with Crippen LogP contribution in [0.1, 0.15) is 18.4 Å². The molecular formula is C23H17F5N4O3. The molecule has 12 heteroatoms. The summed E-state index contributed by atoms with van der Waals surface area (Å²) in [4.78, 5) is 28.0. The van der Waals surface area contributed by atoms with Gasteiger partial charge in [-0.15, -0.1) is 0 Å². The number of carbonyl (C=O) groups excluding carboxylic acids is 2. The van der Waals surface area contributed by atoms with Gasteiger partial charge in [-0.3, -0.25) is 4.79 Å². The van der Waals surface area contributed by atoms with E-state index in [-0.39, 0.29) is 34.8 Å². The van der Waals surface area contributed by atoms with Crippen LogP contribution in [-0.4, -0.2) is 16.9 Å². The molecule has 1 saturated carbocycles. The van der Waals surface area contributed by atoms with E-state index in [1.807, 2.05) is 0 Å². The first-order chi connectivity index (χ1) is 16.6. The quantitative estimate of drug-likeness (QED) is 0.359. The third-order valence-corrected chi connectivity index (χ3v) is 4.83. The Morgan fingerprint density at radius 2 is 1.66 bits per heavy atom. The lowest BCUT2D eigenvalue weighted by atomic mass is 10.2. The lowest BCUT2D eigenvalue weighted by Crippen LogP contribution is -2.20. The molecular weight excluding hydrogens is 475 g/mol. The van der Waals surface area contributed by atoms with E-state index in [1.165, 1.54) is 30.5 Å². The van der Waals surface area contributed by atoms with Gasteiger partial charge in [-0.1, -0.05) is 0 Å². The van der Waals surface area contributed by atoms with Gasteiger partial charge in [0.25, 0.3) is 0 Å². The van der Waals surface area contributed by atoms with Gasteiger partial charge in [-0.2, -0.15) is 13.2 Å². The van der Waals surface area contributed by atoms with Gasteiger partial charge in [-0.25, -0.2) is 18.6 Å². The van der Waals surface area contributed by atoms with Crippen LogP contribution in [0, 0.1) is 17.6 Å². The van der Waals surface area contributed by atoms with Crippen LogP contribution < -0.4 is 20.7 Å². The fourth-order valence-electron chi connectivity index (χ4n) is 3.02. The van der Waals surface area contributed by atoms with Gasteiger partial charge >= 0.3 is 12.2 Å². The number of pyridine rings is 1. The number of halogens is 5. The Morgan fingerprint density at radius 1 is 0.914 bits per heavy atom. The predicted molar refractivity (Wildman–Crippen MR) is 116 cm³/mol. The minimum absolute atomic E-state index is 0.0244. The fraction of sp³-hybridized carbons (Fsp3) is 0.174. The highest BCUT2D eigenvalue weighted by atomic mass is 19.4. The average molecular weight is 492 g/mol. The maximum atomic E-state index is 14.5. The Balaban J connectivity index is 1.39. The van der Waals surface area contributed by atoms with Crippen molar-refractivity contribution in [3.05, 3.63) is 71.9 Å². The first kappa shape index (κ1) is 23.9. The van der Waals surface area contributed by atoms with Gasteiger partial charge in [0.15, 0.2) is 11.6 Å². The second kappa shape index (κ2) is 9.57. The van der Waals surface area contributed by atoms with Gasteiger partial charge in [0.1, 0.15) is 17.4 Å². The Morgan fingerprint density at radius 3 is 2.34 bits per heavy atom. The number of nitrogens with one attached hydrogen (secondary N) is 3. The number of ether oxygens (including phenoxy) is 1. The highest BCUT2D eigenvalue weighted by Crippen LogP contribution is 2.33. The molecule has 3 N–H and O–H groups in total. The zero-order chi connectivity index (χ0) is 25.2. The Hall–Kier alpha value is -4.22. The molecule has 1 aromatic heterocycles. The second-order valence-corrected chi connectivity index (χ2v) is 7.69. The summed E-state index contributed by atoms with van der Waals surface area (Å²) in [6.07, 6.45) is -1.77. The maximum absolute atomic E-state index is 14.5. The van der Waals surface area contributed by atoms with Gasteiger partial charge < -0.3 is 20.7 Å². The van der Waals surface area contributed by atoms with Crippen molar-refractivity contribution in [1.82, 2.24) is 4.98 Å². The molecule has 0 unspecified atom stereocenters. The molecule has 182 valence electrons. The molecule has 3 aromatic rings. The maximum Gasteiger partial charge on any atom is 0.416 e. The molecule has 35 heavy (non-hydrogen) atoms. The minimum atomic E-state index is -4.80. The van der Waals surface area contributed by atoms with E-state index in [4.69, 9.17) is 4.74 Å². The van der Waals surface area contributed by atoms with E-state index >= 15 is 0 Å². The van der Waals surface area contributed by atoms with Crippen molar-refractivity contribution in [1.29, 1.82) is 0 Å². The average Bonchev–Trinajstić information content (AvgIpc) is 3.60. The van der Waals surface area contributed by atoms with Crippen LogP contribution in [0.25, 0.3) is 0 Å². The largest absolute Gasteiger partial charge is 0.454 e. The Labute approximate surface area is 195 Å². The van der Waals surface area contributed by atoms with Crippen molar-refractivity contribution in [2.24, 2.45) is 5.92 Å². The normalized spacial score (nSPS) is 13.2. The molecule has 1 heterocycles. The van der Waals surface area contributed by atoms with Crippen molar-refractivity contribution in [3.8, 4) is 11.5 Å². The number of hydrogen-bond donors (Lipinski definition) is 3.